The quantitative estimate of drug-likeness (QED) is 0.304. The van der Waals surface area contributed by atoms with E-state index in [1.165, 1.54) is 17.8 Å². The maximum Gasteiger partial charge on any atom is 0.257 e. The van der Waals surface area contributed by atoms with Crippen molar-refractivity contribution in [3.8, 4) is 11.4 Å². The van der Waals surface area contributed by atoms with E-state index in [1.54, 1.807) is 31.5 Å². The summed E-state index contributed by atoms with van der Waals surface area (Å²) in [6.45, 7) is 4.10. The summed E-state index contributed by atoms with van der Waals surface area (Å²) in [7, 11) is 1.79. The van der Waals surface area contributed by atoms with Gasteiger partial charge >= 0.3 is 0 Å². The van der Waals surface area contributed by atoms with Gasteiger partial charge in [0.15, 0.2) is 6.29 Å². The van der Waals surface area contributed by atoms with Crippen LogP contribution >= 0.6 is 11.8 Å². The molecule has 0 fully saturated rings. The summed E-state index contributed by atoms with van der Waals surface area (Å²) in [5, 5.41) is 28.6. The average molecular weight is 541 g/mol. The lowest BCUT2D eigenvalue weighted by Crippen LogP contribution is -2.47. The molecule has 1 aromatic carbocycles. The van der Waals surface area contributed by atoms with Gasteiger partial charge in [-0.15, -0.1) is 11.8 Å². The highest BCUT2D eigenvalue weighted by molar-refractivity contribution is 7.99. The molecule has 1 amide bonds. The third kappa shape index (κ3) is 3.56. The summed E-state index contributed by atoms with van der Waals surface area (Å²) < 4.78 is 21.9. The fourth-order valence-corrected chi connectivity index (χ4v) is 7.11. The summed E-state index contributed by atoms with van der Waals surface area (Å²) in [4.78, 5) is 32.0. The second-order valence-corrected chi connectivity index (χ2v) is 11.1. The highest BCUT2D eigenvalue weighted by atomic mass is 32.2. The number of aromatic nitrogens is 2. The molecule has 4 N–H and O–H groups in total. The normalized spacial score (nSPS) is 23.2. The van der Waals surface area contributed by atoms with Gasteiger partial charge < -0.3 is 30.2 Å². The number of hydrogen-bond acceptors (Lipinski definition) is 8. The molecule has 1 unspecified atom stereocenters. The van der Waals surface area contributed by atoms with Crippen LogP contribution in [0.25, 0.3) is 22.3 Å². The van der Waals surface area contributed by atoms with Gasteiger partial charge in [0.05, 0.1) is 36.1 Å². The average Bonchev–Trinajstić information content (AvgIpc) is 3.27. The summed E-state index contributed by atoms with van der Waals surface area (Å²) in [6, 6.07) is 2.76. The molecule has 2 aromatic heterocycles. The van der Waals surface area contributed by atoms with Crippen molar-refractivity contribution in [1.82, 2.24) is 20.2 Å². The molecule has 3 aliphatic heterocycles. The first kappa shape index (κ1) is 25.4. The number of hydrogen-bond donors (Lipinski definition) is 4. The zero-order valence-corrected chi connectivity index (χ0v) is 22.2. The van der Waals surface area contributed by atoms with Crippen LogP contribution in [0.3, 0.4) is 0 Å². The van der Waals surface area contributed by atoms with Gasteiger partial charge in [-0.3, -0.25) is 9.59 Å². The number of amides is 1. The van der Waals surface area contributed by atoms with Gasteiger partial charge in [0, 0.05) is 51.8 Å². The fraction of sp³-hybridized carbons (Fsp3) is 0.444. The number of halogens is 1. The van der Waals surface area contributed by atoms with Gasteiger partial charge in [0.2, 0.25) is 5.91 Å². The van der Waals surface area contributed by atoms with Crippen molar-refractivity contribution in [2.24, 2.45) is 0 Å². The number of nitrogens with one attached hydrogen (secondary N) is 2. The second kappa shape index (κ2) is 9.13. The largest absolute Gasteiger partial charge is 0.380 e. The number of fused-ring (bicyclic) bond motifs is 5. The number of nitrogens with zero attached hydrogens (tertiary/aromatic N) is 2. The predicted molar refractivity (Wildman–Crippen MR) is 140 cm³/mol. The van der Waals surface area contributed by atoms with Crippen LogP contribution in [0, 0.1) is 12.7 Å². The highest BCUT2D eigenvalue weighted by Crippen LogP contribution is 2.48. The Balaban J connectivity index is 1.59. The van der Waals surface area contributed by atoms with Crippen LogP contribution in [-0.2, 0) is 28.3 Å². The minimum absolute atomic E-state index is 0.103. The van der Waals surface area contributed by atoms with Crippen molar-refractivity contribution in [2.75, 3.05) is 19.3 Å². The van der Waals surface area contributed by atoms with Crippen LogP contribution in [0.15, 0.2) is 21.8 Å². The van der Waals surface area contributed by atoms with Gasteiger partial charge in [-0.05, 0) is 37.6 Å². The minimum Gasteiger partial charge on any atom is -0.380 e. The zero-order chi connectivity index (χ0) is 26.9. The minimum atomic E-state index is -1.74. The molecule has 0 radical (unpaired) electrons. The Bertz CT molecular complexity index is 1570. The lowest BCUT2D eigenvalue weighted by Gasteiger charge is -2.37. The Kier molecular flexibility index (Phi) is 6.11. The smallest absolute Gasteiger partial charge is 0.257 e. The number of benzene rings is 1. The summed E-state index contributed by atoms with van der Waals surface area (Å²) >= 11 is 1.50. The SMILES string of the molecule is CC[C@]1(O)c2cc3n(c(=O)c2COC1O)Cc1c-3nc2cc(F)c(C)c3c2c1[C@H](NC(=O)CCNC)CS3. The van der Waals surface area contributed by atoms with E-state index in [0.29, 0.717) is 52.3 Å². The Morgan fingerprint density at radius 2 is 2.16 bits per heavy atom. The molecule has 11 heteroatoms. The van der Waals surface area contributed by atoms with Crippen molar-refractivity contribution < 1.29 is 24.1 Å². The molecule has 3 aliphatic rings. The molecule has 0 aliphatic carbocycles. The van der Waals surface area contributed by atoms with Crippen LogP contribution in [0.1, 0.15) is 53.6 Å². The second-order valence-electron chi connectivity index (χ2n) is 10.1. The molecular weight excluding hydrogens is 511 g/mol. The number of thioether (sulfide) groups is 1. The molecule has 6 rings (SSSR count). The number of ether oxygens (including phenoxy) is 1. The summed E-state index contributed by atoms with van der Waals surface area (Å²) in [5.41, 5.74) is 2.18. The van der Waals surface area contributed by atoms with Crippen LogP contribution in [0.4, 0.5) is 4.39 Å². The molecule has 3 aromatic rings. The molecule has 5 heterocycles. The van der Waals surface area contributed by atoms with E-state index in [1.807, 2.05) is 0 Å². The first-order chi connectivity index (χ1) is 18.2. The molecule has 200 valence electrons. The van der Waals surface area contributed by atoms with E-state index in [-0.39, 0.29) is 42.9 Å². The summed E-state index contributed by atoms with van der Waals surface area (Å²) in [6.07, 6.45) is -1.02. The van der Waals surface area contributed by atoms with Gasteiger partial charge in [-0.1, -0.05) is 6.92 Å². The van der Waals surface area contributed by atoms with E-state index in [4.69, 9.17) is 9.72 Å². The van der Waals surface area contributed by atoms with Crippen molar-refractivity contribution in [2.45, 2.75) is 62.7 Å². The Labute approximate surface area is 222 Å². The monoisotopic (exact) mass is 540 g/mol. The van der Waals surface area contributed by atoms with Gasteiger partial charge in [-0.2, -0.15) is 0 Å². The van der Waals surface area contributed by atoms with Crippen molar-refractivity contribution in [1.29, 1.82) is 0 Å². The predicted octanol–water partition coefficient (Wildman–Crippen LogP) is 2.19. The third-order valence-corrected chi connectivity index (χ3v) is 9.30. The molecule has 3 atom stereocenters. The lowest BCUT2D eigenvalue weighted by atomic mass is 9.85. The zero-order valence-electron chi connectivity index (χ0n) is 21.4. The van der Waals surface area contributed by atoms with Gasteiger partial charge in [0.1, 0.15) is 11.4 Å². The number of aliphatic hydroxyl groups is 2. The van der Waals surface area contributed by atoms with Crippen molar-refractivity contribution in [3.05, 3.63) is 56.1 Å². The standard InChI is InChI=1S/C27H29FN4O5S/c1-4-27(36)15-7-19-23-13(9-32(19)25(34)14(15)10-37-26(27)35)21-18(30-20(33)5-6-29-3)11-38-24-12(2)16(28)8-17(31-23)22(21)24/h7-8,18,26,29,35-36H,4-6,9-11H2,1-3H3,(H,30,33)/t18-,26?,27+/m1/s1. The maximum atomic E-state index is 15.0. The van der Waals surface area contributed by atoms with Crippen LogP contribution in [-0.4, -0.2) is 51.3 Å². The van der Waals surface area contributed by atoms with E-state index in [9.17, 15) is 24.2 Å². The van der Waals surface area contributed by atoms with Crippen LogP contribution < -0.4 is 16.2 Å². The van der Waals surface area contributed by atoms with Crippen molar-refractivity contribution >= 4 is 28.6 Å². The fourth-order valence-electron chi connectivity index (χ4n) is 5.86. The van der Waals surface area contributed by atoms with E-state index < -0.39 is 11.9 Å². The number of carbonyl (C=O) groups excluding carboxylic acids is 1. The number of pyridine rings is 2. The first-order valence-electron chi connectivity index (χ1n) is 12.7. The number of aliphatic hydroxyl groups excluding tert-OH is 1. The first-order valence-corrected chi connectivity index (χ1v) is 13.7. The Morgan fingerprint density at radius 1 is 1.37 bits per heavy atom. The van der Waals surface area contributed by atoms with Crippen LogP contribution in [0.2, 0.25) is 0 Å². The Morgan fingerprint density at radius 3 is 2.89 bits per heavy atom. The summed E-state index contributed by atoms with van der Waals surface area (Å²) in [5.74, 6) is 0.0514. The van der Waals surface area contributed by atoms with E-state index in [2.05, 4.69) is 10.6 Å². The van der Waals surface area contributed by atoms with E-state index in [0.717, 1.165) is 21.4 Å². The number of carbonyl (C=O) groups is 1. The molecule has 0 bridgehead atoms. The Hall–Kier alpha value is -2.83. The molecule has 0 saturated carbocycles. The molecule has 0 saturated heterocycles. The molecule has 38 heavy (non-hydrogen) atoms. The van der Waals surface area contributed by atoms with Crippen molar-refractivity contribution in [3.63, 3.8) is 0 Å². The topological polar surface area (TPSA) is 126 Å². The lowest BCUT2D eigenvalue weighted by molar-refractivity contribution is -0.236. The molecular formula is C27H29FN4O5S. The third-order valence-electron chi connectivity index (χ3n) is 8.00. The maximum absolute atomic E-state index is 15.0. The van der Waals surface area contributed by atoms with E-state index >= 15 is 0 Å². The van der Waals surface area contributed by atoms with Gasteiger partial charge in [-0.25, -0.2) is 9.37 Å². The van der Waals surface area contributed by atoms with Gasteiger partial charge in [0.25, 0.3) is 5.56 Å². The van der Waals surface area contributed by atoms with Crippen LogP contribution in [0.5, 0.6) is 0 Å². The molecule has 0 spiro atoms. The highest BCUT2D eigenvalue weighted by Gasteiger charge is 2.45. The number of rotatable bonds is 5. The molecule has 9 nitrogen and oxygen atoms in total.